The van der Waals surface area contributed by atoms with Crippen molar-refractivity contribution >= 4 is 11.8 Å². The molecule has 0 saturated carbocycles. The number of rotatable bonds is 4. The van der Waals surface area contributed by atoms with Gasteiger partial charge in [0.05, 0.1) is 0 Å². The van der Waals surface area contributed by atoms with E-state index in [-0.39, 0.29) is 6.61 Å². The van der Waals surface area contributed by atoms with Crippen LogP contribution in [0.4, 0.5) is 0 Å². The molecular formula is C8H11N3O3. The summed E-state index contributed by atoms with van der Waals surface area (Å²) in [6.07, 6.45) is 1.73. The number of aryl methyl sites for hydroxylation is 1. The molecule has 6 nitrogen and oxygen atoms in total. The highest BCUT2D eigenvalue weighted by atomic mass is 16.7. The summed E-state index contributed by atoms with van der Waals surface area (Å²) in [7, 11) is 1.73. The Labute approximate surface area is 80.6 Å². The van der Waals surface area contributed by atoms with Gasteiger partial charge in [0.25, 0.3) is 5.91 Å². The van der Waals surface area contributed by atoms with Crippen molar-refractivity contribution in [3.63, 3.8) is 0 Å². The number of hydroxylamine groups is 1. The van der Waals surface area contributed by atoms with Gasteiger partial charge in [0, 0.05) is 13.2 Å². The minimum Gasteiger partial charge on any atom is -0.368 e. The van der Waals surface area contributed by atoms with Gasteiger partial charge in [-0.1, -0.05) is 0 Å². The van der Waals surface area contributed by atoms with E-state index in [2.05, 4.69) is 10.3 Å². The molecule has 0 spiro atoms. The molecule has 1 aromatic rings. The molecule has 14 heavy (non-hydrogen) atoms. The zero-order valence-corrected chi connectivity index (χ0v) is 7.69. The van der Waals surface area contributed by atoms with E-state index in [1.165, 1.54) is 0 Å². The van der Waals surface area contributed by atoms with E-state index in [4.69, 9.17) is 5.73 Å². The predicted molar refractivity (Wildman–Crippen MR) is 48.0 cm³/mol. The van der Waals surface area contributed by atoms with Crippen LogP contribution in [0.2, 0.25) is 0 Å². The summed E-state index contributed by atoms with van der Waals surface area (Å²) in [6, 6.07) is 3.35. The van der Waals surface area contributed by atoms with E-state index >= 15 is 0 Å². The second kappa shape index (κ2) is 4.43. The molecule has 1 aromatic heterocycles. The molecule has 6 heteroatoms. The summed E-state index contributed by atoms with van der Waals surface area (Å²) in [5.41, 5.74) is 7.34. The second-order valence-electron chi connectivity index (χ2n) is 2.69. The monoisotopic (exact) mass is 197 g/mol. The molecule has 1 heterocycles. The normalized spacial score (nSPS) is 9.79. The van der Waals surface area contributed by atoms with E-state index in [1.54, 1.807) is 29.9 Å². The van der Waals surface area contributed by atoms with Gasteiger partial charge in [-0.3, -0.25) is 14.4 Å². The number of nitrogens with zero attached hydrogens (tertiary/aromatic N) is 1. The van der Waals surface area contributed by atoms with E-state index in [0.29, 0.717) is 5.69 Å². The van der Waals surface area contributed by atoms with Gasteiger partial charge in [-0.25, -0.2) is 5.48 Å². The summed E-state index contributed by atoms with van der Waals surface area (Å²) < 4.78 is 1.63. The topological polar surface area (TPSA) is 86.3 Å². The van der Waals surface area contributed by atoms with E-state index in [1.807, 2.05) is 0 Å². The largest absolute Gasteiger partial charge is 0.368 e. The molecule has 3 N–H and O–H groups in total. The van der Waals surface area contributed by atoms with Crippen LogP contribution in [0.25, 0.3) is 0 Å². The number of amides is 2. The van der Waals surface area contributed by atoms with Crippen molar-refractivity contribution in [2.75, 3.05) is 6.61 Å². The van der Waals surface area contributed by atoms with E-state index < -0.39 is 11.8 Å². The van der Waals surface area contributed by atoms with Crippen molar-refractivity contribution in [1.82, 2.24) is 10.0 Å². The Kier molecular flexibility index (Phi) is 3.24. The standard InChI is InChI=1S/C8H11N3O3/c1-11-4-2-3-6(11)8(13)10-14-5-7(9)12/h2-4H,5H2,1H3,(H2,9,12)(H,10,13). The summed E-state index contributed by atoms with van der Waals surface area (Å²) in [5.74, 6) is -1.06. The van der Waals surface area contributed by atoms with Crippen molar-refractivity contribution in [1.29, 1.82) is 0 Å². The highest BCUT2D eigenvalue weighted by Gasteiger charge is 2.08. The van der Waals surface area contributed by atoms with Crippen LogP contribution in [0.5, 0.6) is 0 Å². The molecule has 0 fully saturated rings. The quantitative estimate of drug-likeness (QED) is 0.618. The third-order valence-corrected chi connectivity index (χ3v) is 1.56. The van der Waals surface area contributed by atoms with Gasteiger partial charge >= 0.3 is 0 Å². The fourth-order valence-corrected chi connectivity index (χ4v) is 0.922. The number of hydrogen-bond donors (Lipinski definition) is 2. The van der Waals surface area contributed by atoms with E-state index in [9.17, 15) is 9.59 Å². The number of carbonyl (C=O) groups is 2. The van der Waals surface area contributed by atoms with Crippen molar-refractivity contribution in [2.45, 2.75) is 0 Å². The van der Waals surface area contributed by atoms with Gasteiger partial charge in [0.2, 0.25) is 5.91 Å². The zero-order valence-electron chi connectivity index (χ0n) is 7.69. The minimum absolute atomic E-state index is 0.337. The lowest BCUT2D eigenvalue weighted by Gasteiger charge is -2.04. The highest BCUT2D eigenvalue weighted by Crippen LogP contribution is 1.98. The van der Waals surface area contributed by atoms with Crippen LogP contribution in [-0.2, 0) is 16.7 Å². The molecule has 0 atom stereocenters. The molecule has 2 amide bonds. The van der Waals surface area contributed by atoms with Crippen molar-refractivity contribution < 1.29 is 14.4 Å². The Morgan fingerprint density at radius 1 is 1.64 bits per heavy atom. The number of nitrogens with one attached hydrogen (secondary N) is 1. The SMILES string of the molecule is Cn1cccc1C(=O)NOCC(N)=O. The molecule has 1 rings (SSSR count). The first-order valence-corrected chi connectivity index (χ1v) is 3.93. The van der Waals surface area contributed by atoms with Gasteiger partial charge in [0.15, 0.2) is 6.61 Å². The lowest BCUT2D eigenvalue weighted by molar-refractivity contribution is -0.124. The lowest BCUT2D eigenvalue weighted by atomic mass is 10.4. The van der Waals surface area contributed by atoms with Gasteiger partial charge in [-0.05, 0) is 12.1 Å². The van der Waals surface area contributed by atoms with Crippen LogP contribution >= 0.6 is 0 Å². The third-order valence-electron chi connectivity index (χ3n) is 1.56. The minimum atomic E-state index is -0.641. The first-order chi connectivity index (χ1) is 6.61. The van der Waals surface area contributed by atoms with Crippen LogP contribution in [0.1, 0.15) is 10.5 Å². The summed E-state index contributed by atoms with van der Waals surface area (Å²) in [6.45, 7) is -0.337. The van der Waals surface area contributed by atoms with Crippen LogP contribution in [0.15, 0.2) is 18.3 Å². The Morgan fingerprint density at radius 3 is 2.86 bits per heavy atom. The molecule has 0 aliphatic heterocycles. The fraction of sp³-hybridized carbons (Fsp3) is 0.250. The maximum atomic E-state index is 11.3. The molecule has 0 unspecified atom stereocenters. The Morgan fingerprint density at radius 2 is 2.36 bits per heavy atom. The maximum Gasteiger partial charge on any atom is 0.291 e. The highest BCUT2D eigenvalue weighted by molar-refractivity contribution is 5.92. The third kappa shape index (κ3) is 2.60. The summed E-state index contributed by atoms with van der Waals surface area (Å²) in [5, 5.41) is 0. The Hall–Kier alpha value is -1.82. The molecule has 0 aromatic carbocycles. The molecule has 0 aliphatic carbocycles. The van der Waals surface area contributed by atoms with Crippen LogP contribution < -0.4 is 11.2 Å². The van der Waals surface area contributed by atoms with Gasteiger partial charge in [-0.2, -0.15) is 0 Å². The van der Waals surface area contributed by atoms with Crippen molar-refractivity contribution in [2.24, 2.45) is 12.8 Å². The molecular weight excluding hydrogens is 186 g/mol. The molecule has 76 valence electrons. The fourth-order valence-electron chi connectivity index (χ4n) is 0.922. The number of primary amides is 1. The average molecular weight is 197 g/mol. The van der Waals surface area contributed by atoms with Crippen LogP contribution in [0.3, 0.4) is 0 Å². The molecule has 0 bridgehead atoms. The van der Waals surface area contributed by atoms with Crippen molar-refractivity contribution in [3.05, 3.63) is 24.0 Å². The van der Waals surface area contributed by atoms with Gasteiger partial charge in [-0.15, -0.1) is 0 Å². The average Bonchev–Trinajstić information content (AvgIpc) is 2.50. The number of carbonyl (C=O) groups excluding carboxylic acids is 2. The second-order valence-corrected chi connectivity index (χ2v) is 2.69. The number of hydrogen-bond acceptors (Lipinski definition) is 3. The van der Waals surface area contributed by atoms with Crippen LogP contribution in [-0.4, -0.2) is 23.0 Å². The van der Waals surface area contributed by atoms with Gasteiger partial charge in [0.1, 0.15) is 5.69 Å². The number of nitrogens with two attached hydrogens (primary N) is 1. The van der Waals surface area contributed by atoms with Crippen molar-refractivity contribution in [3.8, 4) is 0 Å². The lowest BCUT2D eigenvalue weighted by Crippen LogP contribution is -2.30. The smallest absolute Gasteiger partial charge is 0.291 e. The molecule has 0 saturated heterocycles. The Bertz CT molecular complexity index is 345. The number of aromatic nitrogens is 1. The zero-order chi connectivity index (χ0) is 10.6. The van der Waals surface area contributed by atoms with Gasteiger partial charge < -0.3 is 10.3 Å². The molecule has 0 aliphatic rings. The Balaban J connectivity index is 2.44. The predicted octanol–water partition coefficient (Wildman–Crippen LogP) is -0.828. The summed E-state index contributed by atoms with van der Waals surface area (Å²) >= 11 is 0. The van der Waals surface area contributed by atoms with E-state index in [0.717, 1.165) is 0 Å². The molecule has 0 radical (unpaired) electrons. The maximum absolute atomic E-state index is 11.3. The first-order valence-electron chi connectivity index (χ1n) is 3.93. The first kappa shape index (κ1) is 10.3. The van der Waals surface area contributed by atoms with Crippen LogP contribution in [0, 0.1) is 0 Å². The summed E-state index contributed by atoms with van der Waals surface area (Å²) in [4.78, 5) is 26.1.